The lowest BCUT2D eigenvalue weighted by Crippen LogP contribution is -2.31. The highest BCUT2D eigenvalue weighted by Crippen LogP contribution is 2.28. The quantitative estimate of drug-likeness (QED) is 0.667. The lowest BCUT2D eigenvalue weighted by Gasteiger charge is -2.14. The van der Waals surface area contributed by atoms with Crippen molar-refractivity contribution in [2.45, 2.75) is 19.9 Å². The SMILES string of the molecule is C/C=C/c1ccc(OCC(=O)N[C@@H](C)c2nc3ccccc3[nH]2)c(OC)c1. The van der Waals surface area contributed by atoms with Gasteiger partial charge in [-0.15, -0.1) is 0 Å². The fraction of sp³-hybridized carbons (Fsp3) is 0.238. The van der Waals surface area contributed by atoms with Gasteiger partial charge in [-0.3, -0.25) is 4.79 Å². The Labute approximate surface area is 158 Å². The molecule has 0 fully saturated rings. The third-order valence-corrected chi connectivity index (χ3v) is 4.10. The molecule has 1 amide bonds. The molecule has 2 N–H and O–H groups in total. The number of rotatable bonds is 7. The number of para-hydroxylation sites is 2. The van der Waals surface area contributed by atoms with Crippen LogP contribution in [0, 0.1) is 0 Å². The zero-order valence-corrected chi connectivity index (χ0v) is 15.7. The van der Waals surface area contributed by atoms with Crippen molar-refractivity contribution in [2.75, 3.05) is 13.7 Å². The second-order valence-corrected chi connectivity index (χ2v) is 6.13. The Morgan fingerprint density at radius 3 is 2.81 bits per heavy atom. The van der Waals surface area contributed by atoms with Crippen molar-refractivity contribution in [3.8, 4) is 11.5 Å². The van der Waals surface area contributed by atoms with E-state index in [4.69, 9.17) is 9.47 Å². The van der Waals surface area contributed by atoms with Gasteiger partial charge in [-0.05, 0) is 43.7 Å². The monoisotopic (exact) mass is 365 g/mol. The van der Waals surface area contributed by atoms with Gasteiger partial charge in [0.1, 0.15) is 5.82 Å². The molecule has 1 atom stereocenters. The first kappa shape index (κ1) is 18.5. The maximum Gasteiger partial charge on any atom is 0.258 e. The van der Waals surface area contributed by atoms with Gasteiger partial charge in [-0.1, -0.05) is 30.4 Å². The molecule has 0 aliphatic carbocycles. The zero-order chi connectivity index (χ0) is 19.2. The second-order valence-electron chi connectivity index (χ2n) is 6.13. The van der Waals surface area contributed by atoms with E-state index in [9.17, 15) is 4.79 Å². The van der Waals surface area contributed by atoms with Crippen LogP contribution in [0.4, 0.5) is 0 Å². The zero-order valence-electron chi connectivity index (χ0n) is 15.7. The van der Waals surface area contributed by atoms with Crippen LogP contribution in [0.2, 0.25) is 0 Å². The van der Waals surface area contributed by atoms with Gasteiger partial charge in [0.25, 0.3) is 5.91 Å². The Morgan fingerprint density at radius 1 is 1.26 bits per heavy atom. The Balaban J connectivity index is 1.60. The van der Waals surface area contributed by atoms with E-state index in [1.54, 1.807) is 13.2 Å². The van der Waals surface area contributed by atoms with Crippen LogP contribution in [-0.2, 0) is 4.79 Å². The van der Waals surface area contributed by atoms with Gasteiger partial charge in [-0.25, -0.2) is 4.98 Å². The number of fused-ring (bicyclic) bond motifs is 1. The summed E-state index contributed by atoms with van der Waals surface area (Å²) in [5, 5.41) is 2.89. The topological polar surface area (TPSA) is 76.2 Å². The van der Waals surface area contributed by atoms with E-state index < -0.39 is 0 Å². The highest BCUT2D eigenvalue weighted by molar-refractivity contribution is 5.78. The Bertz CT molecular complexity index is 929. The van der Waals surface area contributed by atoms with Crippen LogP contribution in [-0.4, -0.2) is 29.6 Å². The molecule has 1 heterocycles. The van der Waals surface area contributed by atoms with E-state index in [0.29, 0.717) is 17.3 Å². The molecule has 0 aliphatic rings. The number of carbonyl (C=O) groups is 1. The standard InChI is InChI=1S/C21H23N3O3/c1-4-7-15-10-11-18(19(12-15)26-3)27-13-20(25)22-14(2)21-23-16-8-5-6-9-17(16)24-21/h4-12,14H,13H2,1-3H3,(H,22,25)(H,23,24)/b7-4+/t14-/m0/s1. The highest BCUT2D eigenvalue weighted by atomic mass is 16.5. The lowest BCUT2D eigenvalue weighted by molar-refractivity contribution is -0.123. The average molecular weight is 365 g/mol. The molecule has 6 nitrogen and oxygen atoms in total. The maximum atomic E-state index is 12.3. The molecule has 3 rings (SSSR count). The Kier molecular flexibility index (Phi) is 5.76. The summed E-state index contributed by atoms with van der Waals surface area (Å²) >= 11 is 0. The number of H-pyrrole nitrogens is 1. The molecule has 0 aliphatic heterocycles. The fourth-order valence-electron chi connectivity index (χ4n) is 2.77. The summed E-state index contributed by atoms with van der Waals surface area (Å²) in [6, 6.07) is 13.1. The van der Waals surface area contributed by atoms with Crippen molar-refractivity contribution in [1.29, 1.82) is 0 Å². The summed E-state index contributed by atoms with van der Waals surface area (Å²) in [7, 11) is 1.57. The van der Waals surface area contributed by atoms with Crippen LogP contribution in [0.5, 0.6) is 11.5 Å². The van der Waals surface area contributed by atoms with Crippen molar-refractivity contribution in [2.24, 2.45) is 0 Å². The molecule has 27 heavy (non-hydrogen) atoms. The number of ether oxygens (including phenoxy) is 2. The average Bonchev–Trinajstić information content (AvgIpc) is 3.11. The normalized spacial score (nSPS) is 12.3. The number of allylic oxidation sites excluding steroid dienone is 1. The van der Waals surface area contributed by atoms with Gasteiger partial charge in [0.2, 0.25) is 0 Å². The summed E-state index contributed by atoms with van der Waals surface area (Å²) in [5.74, 6) is 1.58. The molecular formula is C21H23N3O3. The van der Waals surface area contributed by atoms with Gasteiger partial charge in [-0.2, -0.15) is 0 Å². The third kappa shape index (κ3) is 4.47. The molecule has 0 unspecified atom stereocenters. The third-order valence-electron chi connectivity index (χ3n) is 4.10. The van der Waals surface area contributed by atoms with Crippen molar-refractivity contribution in [3.05, 3.63) is 59.9 Å². The molecule has 2 aromatic carbocycles. The number of methoxy groups -OCH3 is 1. The van der Waals surface area contributed by atoms with E-state index in [0.717, 1.165) is 16.6 Å². The minimum Gasteiger partial charge on any atom is -0.493 e. The van der Waals surface area contributed by atoms with Crippen molar-refractivity contribution < 1.29 is 14.3 Å². The molecular weight excluding hydrogens is 342 g/mol. The minimum absolute atomic E-state index is 0.107. The minimum atomic E-state index is -0.257. The number of carbonyl (C=O) groups excluding carboxylic acids is 1. The number of imidazole rings is 1. The lowest BCUT2D eigenvalue weighted by atomic mass is 10.2. The van der Waals surface area contributed by atoms with Crippen LogP contribution in [0.15, 0.2) is 48.5 Å². The van der Waals surface area contributed by atoms with Crippen LogP contribution in [0.1, 0.15) is 31.3 Å². The van der Waals surface area contributed by atoms with E-state index in [2.05, 4.69) is 15.3 Å². The number of nitrogens with zero attached hydrogens (tertiary/aromatic N) is 1. The van der Waals surface area contributed by atoms with Crippen LogP contribution < -0.4 is 14.8 Å². The van der Waals surface area contributed by atoms with Gasteiger partial charge < -0.3 is 19.8 Å². The Hall–Kier alpha value is -3.28. The van der Waals surface area contributed by atoms with E-state index in [1.807, 2.05) is 62.4 Å². The first-order chi connectivity index (χ1) is 13.1. The van der Waals surface area contributed by atoms with Crippen LogP contribution in [0.25, 0.3) is 17.1 Å². The molecule has 0 spiro atoms. The summed E-state index contributed by atoms with van der Waals surface area (Å²) in [6.07, 6.45) is 3.91. The predicted octanol–water partition coefficient (Wildman–Crippen LogP) is 3.86. The van der Waals surface area contributed by atoms with Crippen molar-refractivity contribution in [3.63, 3.8) is 0 Å². The van der Waals surface area contributed by atoms with E-state index >= 15 is 0 Å². The van der Waals surface area contributed by atoms with Gasteiger partial charge in [0.05, 0.1) is 24.2 Å². The fourth-order valence-corrected chi connectivity index (χ4v) is 2.77. The molecule has 6 heteroatoms. The molecule has 0 bridgehead atoms. The molecule has 3 aromatic rings. The Morgan fingerprint density at radius 2 is 2.07 bits per heavy atom. The number of benzene rings is 2. The van der Waals surface area contributed by atoms with E-state index in [1.165, 1.54) is 0 Å². The first-order valence-corrected chi connectivity index (χ1v) is 8.78. The maximum absolute atomic E-state index is 12.3. The first-order valence-electron chi connectivity index (χ1n) is 8.78. The number of aromatic amines is 1. The summed E-state index contributed by atoms with van der Waals surface area (Å²) in [5.41, 5.74) is 2.82. The molecule has 0 radical (unpaired) electrons. The van der Waals surface area contributed by atoms with Crippen LogP contribution >= 0.6 is 0 Å². The summed E-state index contributed by atoms with van der Waals surface area (Å²) < 4.78 is 11.0. The highest BCUT2D eigenvalue weighted by Gasteiger charge is 2.15. The largest absolute Gasteiger partial charge is 0.493 e. The second kappa shape index (κ2) is 8.40. The van der Waals surface area contributed by atoms with Crippen LogP contribution in [0.3, 0.4) is 0 Å². The van der Waals surface area contributed by atoms with Crippen molar-refractivity contribution >= 4 is 23.0 Å². The van der Waals surface area contributed by atoms with Gasteiger partial charge in [0, 0.05) is 0 Å². The molecule has 1 aromatic heterocycles. The summed E-state index contributed by atoms with van der Waals surface area (Å²) in [6.45, 7) is 3.72. The number of hydrogen-bond donors (Lipinski definition) is 2. The molecule has 0 saturated carbocycles. The number of hydrogen-bond acceptors (Lipinski definition) is 4. The number of nitrogens with one attached hydrogen (secondary N) is 2. The number of aromatic nitrogens is 2. The molecule has 140 valence electrons. The predicted molar refractivity (Wildman–Crippen MR) is 106 cm³/mol. The molecule has 0 saturated heterocycles. The summed E-state index contributed by atoms with van der Waals surface area (Å²) in [4.78, 5) is 20.0. The van der Waals surface area contributed by atoms with E-state index in [-0.39, 0.29) is 18.6 Å². The van der Waals surface area contributed by atoms with Gasteiger partial charge >= 0.3 is 0 Å². The van der Waals surface area contributed by atoms with Gasteiger partial charge in [0.15, 0.2) is 18.1 Å². The van der Waals surface area contributed by atoms with Crippen molar-refractivity contribution in [1.82, 2.24) is 15.3 Å². The number of amides is 1. The smallest absolute Gasteiger partial charge is 0.258 e.